The highest BCUT2D eigenvalue weighted by Crippen LogP contribution is 2.20. The number of carbonyl (C=O) groups is 2. The van der Waals surface area contributed by atoms with Gasteiger partial charge in [0.15, 0.2) is 5.82 Å². The van der Waals surface area contributed by atoms with E-state index in [1.54, 1.807) is 52.9 Å². The van der Waals surface area contributed by atoms with Gasteiger partial charge in [-0.25, -0.2) is 4.79 Å². The second-order valence-electron chi connectivity index (χ2n) is 7.83. The smallest absolute Gasteiger partial charge is 0.321 e. The van der Waals surface area contributed by atoms with Gasteiger partial charge in [-0.2, -0.15) is 4.98 Å². The van der Waals surface area contributed by atoms with Crippen LogP contribution < -0.4 is 5.32 Å². The summed E-state index contributed by atoms with van der Waals surface area (Å²) >= 11 is 1.62. The molecule has 1 saturated heterocycles. The lowest BCUT2D eigenvalue weighted by Gasteiger charge is -2.26. The quantitative estimate of drug-likeness (QED) is 0.514. The van der Waals surface area contributed by atoms with E-state index in [0.717, 1.165) is 16.1 Å². The Balaban J connectivity index is 1.30. The third-order valence-electron chi connectivity index (χ3n) is 5.48. The summed E-state index contributed by atoms with van der Waals surface area (Å²) in [4.78, 5) is 33.9. The van der Waals surface area contributed by atoms with Crippen molar-refractivity contribution in [2.24, 2.45) is 0 Å². The van der Waals surface area contributed by atoms with Gasteiger partial charge in [-0.15, -0.1) is 11.8 Å². The van der Waals surface area contributed by atoms with Crippen molar-refractivity contribution < 1.29 is 18.8 Å². The molecule has 34 heavy (non-hydrogen) atoms. The summed E-state index contributed by atoms with van der Waals surface area (Å²) in [5.41, 5.74) is 2.10. The summed E-state index contributed by atoms with van der Waals surface area (Å²) < 4.78 is 10.7. The molecule has 1 aromatic heterocycles. The number of hydrogen-bond acceptors (Lipinski definition) is 7. The van der Waals surface area contributed by atoms with Gasteiger partial charge in [0, 0.05) is 54.8 Å². The number of urea groups is 1. The molecule has 1 aliphatic heterocycles. The molecule has 4 rings (SSSR count). The minimum absolute atomic E-state index is 0.0115. The number of thioether (sulfide) groups is 1. The number of nitrogens with one attached hydrogen (secondary N) is 1. The SMILES string of the molecule is CSc1cccc(NC(=O)N(C)CCc2noc(-c3ccc(C(=O)N4CCOCC4)cc3)n2)c1. The van der Waals surface area contributed by atoms with Crippen molar-refractivity contribution in [1.82, 2.24) is 19.9 Å². The number of benzene rings is 2. The van der Waals surface area contributed by atoms with Crippen LogP contribution in [-0.4, -0.2) is 78.0 Å². The standard InChI is InChI=1S/C24H27N5O4S/c1-28(24(31)25-19-4-3-5-20(16-19)34-2)11-10-21-26-22(33-27-21)17-6-8-18(9-7-17)23(30)29-12-14-32-15-13-29/h3-9,16H,10-15H2,1-2H3,(H,25,31). The Bertz CT molecular complexity index is 1130. The zero-order valence-corrected chi connectivity index (χ0v) is 20.0. The van der Waals surface area contributed by atoms with Crippen molar-refractivity contribution >= 4 is 29.4 Å². The fourth-order valence-corrected chi connectivity index (χ4v) is 3.93. The van der Waals surface area contributed by atoms with E-state index < -0.39 is 0 Å². The molecule has 0 saturated carbocycles. The molecule has 1 aliphatic rings. The molecule has 0 spiro atoms. The molecular formula is C24H27N5O4S. The maximum absolute atomic E-state index is 12.6. The van der Waals surface area contributed by atoms with Crippen molar-refractivity contribution in [1.29, 1.82) is 0 Å². The Morgan fingerprint density at radius 2 is 1.91 bits per heavy atom. The Hall–Kier alpha value is -3.37. The number of rotatable bonds is 7. The van der Waals surface area contributed by atoms with Gasteiger partial charge in [-0.1, -0.05) is 11.2 Å². The van der Waals surface area contributed by atoms with E-state index in [2.05, 4.69) is 15.5 Å². The maximum Gasteiger partial charge on any atom is 0.321 e. The fraction of sp³-hybridized carbons (Fsp3) is 0.333. The van der Waals surface area contributed by atoms with Crippen molar-refractivity contribution in [2.45, 2.75) is 11.3 Å². The summed E-state index contributed by atoms with van der Waals surface area (Å²) in [7, 11) is 1.72. The van der Waals surface area contributed by atoms with E-state index in [0.29, 0.717) is 56.5 Å². The first-order valence-corrected chi connectivity index (χ1v) is 12.2. The highest BCUT2D eigenvalue weighted by atomic mass is 32.2. The Morgan fingerprint density at radius 3 is 2.65 bits per heavy atom. The Kier molecular flexibility index (Phi) is 7.81. The summed E-state index contributed by atoms with van der Waals surface area (Å²) in [6.45, 7) is 2.77. The summed E-state index contributed by atoms with van der Waals surface area (Å²) in [5.74, 6) is 0.872. The molecule has 3 aromatic rings. The number of aromatic nitrogens is 2. The van der Waals surface area contributed by atoms with Crippen LogP contribution in [0.4, 0.5) is 10.5 Å². The van der Waals surface area contributed by atoms with Crippen molar-refractivity contribution in [3.8, 4) is 11.5 Å². The van der Waals surface area contributed by atoms with Crippen molar-refractivity contribution in [3.63, 3.8) is 0 Å². The molecule has 178 valence electrons. The average Bonchev–Trinajstić information content (AvgIpc) is 3.36. The van der Waals surface area contributed by atoms with Gasteiger partial charge in [-0.05, 0) is 48.7 Å². The van der Waals surface area contributed by atoms with Crippen LogP contribution in [0.2, 0.25) is 0 Å². The van der Waals surface area contributed by atoms with E-state index in [4.69, 9.17) is 9.26 Å². The zero-order chi connectivity index (χ0) is 23.9. The van der Waals surface area contributed by atoms with Gasteiger partial charge in [0.25, 0.3) is 11.8 Å². The number of ether oxygens (including phenoxy) is 1. The van der Waals surface area contributed by atoms with E-state index in [9.17, 15) is 9.59 Å². The number of amides is 3. The summed E-state index contributed by atoms with van der Waals surface area (Å²) in [6.07, 6.45) is 2.44. The molecule has 1 fully saturated rings. The third-order valence-corrected chi connectivity index (χ3v) is 6.21. The highest BCUT2D eigenvalue weighted by molar-refractivity contribution is 7.98. The lowest BCUT2D eigenvalue weighted by Crippen LogP contribution is -2.40. The first-order chi connectivity index (χ1) is 16.5. The van der Waals surface area contributed by atoms with E-state index in [-0.39, 0.29) is 11.9 Å². The minimum Gasteiger partial charge on any atom is -0.378 e. The van der Waals surface area contributed by atoms with Crippen LogP contribution in [0.25, 0.3) is 11.5 Å². The normalized spacial score (nSPS) is 13.5. The van der Waals surface area contributed by atoms with Crippen LogP contribution in [-0.2, 0) is 11.2 Å². The first kappa shape index (κ1) is 23.8. The molecule has 0 bridgehead atoms. The molecule has 2 heterocycles. The topological polar surface area (TPSA) is 101 Å². The molecule has 0 atom stereocenters. The predicted molar refractivity (Wildman–Crippen MR) is 130 cm³/mol. The molecule has 3 amide bonds. The lowest BCUT2D eigenvalue weighted by molar-refractivity contribution is 0.0303. The molecule has 9 nitrogen and oxygen atoms in total. The van der Waals surface area contributed by atoms with E-state index in [1.807, 2.05) is 30.5 Å². The monoisotopic (exact) mass is 481 g/mol. The van der Waals surface area contributed by atoms with Gasteiger partial charge in [0.1, 0.15) is 0 Å². The minimum atomic E-state index is -0.206. The lowest BCUT2D eigenvalue weighted by atomic mass is 10.1. The van der Waals surface area contributed by atoms with Crippen LogP contribution in [0.3, 0.4) is 0 Å². The van der Waals surface area contributed by atoms with Crippen molar-refractivity contribution in [2.75, 3.05) is 51.5 Å². The van der Waals surface area contributed by atoms with Gasteiger partial charge in [0.2, 0.25) is 0 Å². The Labute approximate surface area is 202 Å². The van der Waals surface area contributed by atoms with E-state index >= 15 is 0 Å². The number of anilines is 1. The molecular weight excluding hydrogens is 454 g/mol. The van der Waals surface area contributed by atoms with E-state index in [1.165, 1.54) is 0 Å². The van der Waals surface area contributed by atoms with Crippen LogP contribution in [0.15, 0.2) is 57.9 Å². The predicted octanol–water partition coefficient (Wildman–Crippen LogP) is 3.64. The number of morpholine rings is 1. The molecule has 2 aromatic carbocycles. The molecule has 0 unspecified atom stereocenters. The number of carbonyl (C=O) groups excluding carboxylic acids is 2. The van der Waals surface area contributed by atoms with Crippen LogP contribution in [0.1, 0.15) is 16.2 Å². The van der Waals surface area contributed by atoms with Crippen molar-refractivity contribution in [3.05, 3.63) is 59.9 Å². The van der Waals surface area contributed by atoms with Gasteiger partial charge in [-0.3, -0.25) is 4.79 Å². The summed E-state index contributed by atoms with van der Waals surface area (Å²) in [5, 5.41) is 6.92. The van der Waals surface area contributed by atoms with Gasteiger partial charge < -0.3 is 24.4 Å². The molecule has 0 aliphatic carbocycles. The summed E-state index contributed by atoms with van der Waals surface area (Å²) in [6, 6.07) is 14.6. The zero-order valence-electron chi connectivity index (χ0n) is 19.2. The van der Waals surface area contributed by atoms with Crippen LogP contribution in [0.5, 0.6) is 0 Å². The molecule has 10 heteroatoms. The number of likely N-dealkylation sites (N-methyl/N-ethyl adjacent to an activating group) is 1. The Morgan fingerprint density at radius 1 is 1.15 bits per heavy atom. The highest BCUT2D eigenvalue weighted by Gasteiger charge is 2.19. The fourth-order valence-electron chi connectivity index (χ4n) is 3.47. The third kappa shape index (κ3) is 5.95. The molecule has 1 N–H and O–H groups in total. The number of hydrogen-bond donors (Lipinski definition) is 1. The maximum atomic E-state index is 12.6. The van der Waals surface area contributed by atoms with Crippen LogP contribution >= 0.6 is 11.8 Å². The average molecular weight is 482 g/mol. The number of nitrogens with zero attached hydrogens (tertiary/aromatic N) is 4. The van der Waals surface area contributed by atoms with Crippen LogP contribution in [0, 0.1) is 0 Å². The first-order valence-electron chi connectivity index (χ1n) is 11.0. The largest absolute Gasteiger partial charge is 0.378 e. The van der Waals surface area contributed by atoms with Gasteiger partial charge in [0.05, 0.1) is 13.2 Å². The van der Waals surface area contributed by atoms with Gasteiger partial charge >= 0.3 is 6.03 Å². The second kappa shape index (κ2) is 11.2. The second-order valence-corrected chi connectivity index (χ2v) is 8.71. The molecule has 0 radical (unpaired) electrons.